The monoisotopic (exact) mass is 272 g/mol. The van der Waals surface area contributed by atoms with Crippen molar-refractivity contribution < 1.29 is 0 Å². The van der Waals surface area contributed by atoms with Crippen molar-refractivity contribution in [1.29, 1.82) is 0 Å². The van der Waals surface area contributed by atoms with Crippen LogP contribution in [0.25, 0.3) is 0 Å². The van der Waals surface area contributed by atoms with E-state index in [1.807, 2.05) is 0 Å². The minimum Gasteiger partial charge on any atom is -0.330 e. The lowest BCUT2D eigenvalue weighted by atomic mass is 9.86. The van der Waals surface area contributed by atoms with Gasteiger partial charge >= 0.3 is 0 Å². The molecule has 0 saturated heterocycles. The molecule has 0 spiro atoms. The molecule has 0 aliphatic carbocycles. The Bertz CT molecular complexity index is 151. The molecule has 0 saturated carbocycles. The SMILES string of the molecule is CCCCCCCC(CC)(CC)NCC.CCCN. The molecule has 118 valence electrons. The Morgan fingerprint density at radius 1 is 0.789 bits per heavy atom. The summed E-state index contributed by atoms with van der Waals surface area (Å²) in [5, 5.41) is 3.69. The van der Waals surface area contributed by atoms with Gasteiger partial charge in [-0.05, 0) is 38.8 Å². The van der Waals surface area contributed by atoms with Crippen molar-refractivity contribution in [3.05, 3.63) is 0 Å². The molecule has 0 aromatic rings. The molecular formula is C17H40N2. The number of hydrogen-bond acceptors (Lipinski definition) is 2. The molecule has 3 N–H and O–H groups in total. The Morgan fingerprint density at radius 2 is 1.32 bits per heavy atom. The highest BCUT2D eigenvalue weighted by atomic mass is 15.0. The zero-order valence-electron chi connectivity index (χ0n) is 14.4. The third-order valence-corrected chi connectivity index (χ3v) is 3.95. The van der Waals surface area contributed by atoms with Gasteiger partial charge in [0, 0.05) is 5.54 Å². The summed E-state index contributed by atoms with van der Waals surface area (Å²) in [6, 6.07) is 0. The van der Waals surface area contributed by atoms with Gasteiger partial charge in [-0.2, -0.15) is 0 Å². The first-order chi connectivity index (χ1) is 9.16. The van der Waals surface area contributed by atoms with Crippen LogP contribution in [0, 0.1) is 0 Å². The van der Waals surface area contributed by atoms with Crippen LogP contribution in [-0.4, -0.2) is 18.6 Å². The van der Waals surface area contributed by atoms with Gasteiger partial charge in [0.15, 0.2) is 0 Å². The fourth-order valence-electron chi connectivity index (χ4n) is 2.38. The van der Waals surface area contributed by atoms with Crippen LogP contribution < -0.4 is 11.1 Å². The van der Waals surface area contributed by atoms with Crippen LogP contribution in [0.2, 0.25) is 0 Å². The van der Waals surface area contributed by atoms with E-state index in [0.717, 1.165) is 19.5 Å². The van der Waals surface area contributed by atoms with Crippen molar-refractivity contribution in [2.24, 2.45) is 5.73 Å². The molecule has 0 fully saturated rings. The van der Waals surface area contributed by atoms with Crippen molar-refractivity contribution in [1.82, 2.24) is 5.32 Å². The average Bonchev–Trinajstić information content (AvgIpc) is 2.46. The van der Waals surface area contributed by atoms with Crippen LogP contribution in [0.3, 0.4) is 0 Å². The minimum absolute atomic E-state index is 0.432. The molecule has 0 aliphatic rings. The van der Waals surface area contributed by atoms with E-state index in [1.165, 1.54) is 51.4 Å². The standard InChI is InChI=1S/C14H31N.C3H9N/c1-5-9-10-11-12-13-14(6-2,7-3)15-8-4;1-2-3-4/h15H,5-13H2,1-4H3;2-4H2,1H3. The van der Waals surface area contributed by atoms with Gasteiger partial charge in [-0.25, -0.2) is 0 Å². The number of rotatable bonds is 11. The van der Waals surface area contributed by atoms with Gasteiger partial charge < -0.3 is 11.1 Å². The Labute approximate surface area is 122 Å². The molecule has 0 aliphatic heterocycles. The average molecular weight is 273 g/mol. The van der Waals surface area contributed by atoms with E-state index in [4.69, 9.17) is 5.73 Å². The Morgan fingerprint density at radius 3 is 1.68 bits per heavy atom. The van der Waals surface area contributed by atoms with Crippen LogP contribution in [0.4, 0.5) is 0 Å². The maximum absolute atomic E-state index is 5.03. The third-order valence-electron chi connectivity index (χ3n) is 3.95. The van der Waals surface area contributed by atoms with E-state index >= 15 is 0 Å². The van der Waals surface area contributed by atoms with Crippen molar-refractivity contribution in [3.8, 4) is 0 Å². The molecular weight excluding hydrogens is 232 g/mol. The largest absolute Gasteiger partial charge is 0.330 e. The topological polar surface area (TPSA) is 38.0 Å². The highest BCUT2D eigenvalue weighted by Crippen LogP contribution is 2.23. The Kier molecular flexibility index (Phi) is 17.8. The maximum Gasteiger partial charge on any atom is 0.0176 e. The van der Waals surface area contributed by atoms with Crippen LogP contribution in [0.1, 0.15) is 92.4 Å². The third kappa shape index (κ3) is 12.7. The first-order valence-corrected chi connectivity index (χ1v) is 8.61. The minimum atomic E-state index is 0.432. The van der Waals surface area contributed by atoms with Gasteiger partial charge in [-0.3, -0.25) is 0 Å². The van der Waals surface area contributed by atoms with E-state index < -0.39 is 0 Å². The number of hydrogen-bond donors (Lipinski definition) is 2. The van der Waals surface area contributed by atoms with Crippen LogP contribution in [0.5, 0.6) is 0 Å². The quantitative estimate of drug-likeness (QED) is 0.527. The molecule has 19 heavy (non-hydrogen) atoms. The fraction of sp³-hybridized carbons (Fsp3) is 1.00. The van der Waals surface area contributed by atoms with E-state index in [9.17, 15) is 0 Å². The summed E-state index contributed by atoms with van der Waals surface area (Å²) in [5.74, 6) is 0. The maximum atomic E-state index is 5.03. The summed E-state index contributed by atoms with van der Waals surface area (Å²) in [4.78, 5) is 0. The first-order valence-electron chi connectivity index (χ1n) is 8.61. The second-order valence-electron chi connectivity index (χ2n) is 5.47. The Balaban J connectivity index is 0. The second-order valence-corrected chi connectivity index (χ2v) is 5.47. The smallest absolute Gasteiger partial charge is 0.0176 e. The molecule has 0 rings (SSSR count). The predicted molar refractivity (Wildman–Crippen MR) is 89.7 cm³/mol. The van der Waals surface area contributed by atoms with E-state index in [1.54, 1.807) is 0 Å². The van der Waals surface area contributed by atoms with Crippen molar-refractivity contribution in [2.45, 2.75) is 97.9 Å². The van der Waals surface area contributed by atoms with Crippen molar-refractivity contribution in [3.63, 3.8) is 0 Å². The summed E-state index contributed by atoms with van der Waals surface area (Å²) in [7, 11) is 0. The lowest BCUT2D eigenvalue weighted by Gasteiger charge is -2.33. The predicted octanol–water partition coefficient (Wildman–Crippen LogP) is 4.87. The molecule has 2 nitrogen and oxygen atoms in total. The van der Waals surface area contributed by atoms with Crippen LogP contribution >= 0.6 is 0 Å². The molecule has 0 atom stereocenters. The molecule has 0 bridgehead atoms. The summed E-state index contributed by atoms with van der Waals surface area (Å²) >= 11 is 0. The molecule has 0 heterocycles. The van der Waals surface area contributed by atoms with E-state index in [0.29, 0.717) is 5.54 Å². The molecule has 0 unspecified atom stereocenters. The van der Waals surface area contributed by atoms with Gasteiger partial charge in [0.25, 0.3) is 0 Å². The van der Waals surface area contributed by atoms with Crippen molar-refractivity contribution >= 4 is 0 Å². The summed E-state index contributed by atoms with van der Waals surface area (Å²) in [6.45, 7) is 13.1. The molecule has 0 radical (unpaired) electrons. The lowest BCUT2D eigenvalue weighted by Crippen LogP contribution is -2.43. The summed E-state index contributed by atoms with van der Waals surface area (Å²) in [6.07, 6.45) is 12.0. The summed E-state index contributed by atoms with van der Waals surface area (Å²) < 4.78 is 0. The van der Waals surface area contributed by atoms with E-state index in [2.05, 4.69) is 39.9 Å². The van der Waals surface area contributed by atoms with Crippen LogP contribution in [0.15, 0.2) is 0 Å². The molecule has 0 aromatic heterocycles. The normalized spacial score (nSPS) is 11.1. The number of nitrogens with two attached hydrogens (primary N) is 1. The van der Waals surface area contributed by atoms with E-state index in [-0.39, 0.29) is 0 Å². The molecule has 2 heteroatoms. The zero-order chi connectivity index (χ0) is 15.0. The van der Waals surface area contributed by atoms with Gasteiger partial charge in [-0.1, -0.05) is 66.7 Å². The van der Waals surface area contributed by atoms with Crippen LogP contribution in [-0.2, 0) is 0 Å². The van der Waals surface area contributed by atoms with Gasteiger partial charge in [0.2, 0.25) is 0 Å². The highest BCUT2D eigenvalue weighted by molar-refractivity contribution is 4.84. The highest BCUT2D eigenvalue weighted by Gasteiger charge is 2.23. The number of nitrogens with one attached hydrogen (secondary N) is 1. The fourth-order valence-corrected chi connectivity index (χ4v) is 2.38. The Hall–Kier alpha value is -0.0800. The second kappa shape index (κ2) is 16.0. The lowest BCUT2D eigenvalue weighted by molar-refractivity contribution is 0.276. The van der Waals surface area contributed by atoms with Gasteiger partial charge in [0.05, 0.1) is 0 Å². The summed E-state index contributed by atoms with van der Waals surface area (Å²) in [5.41, 5.74) is 5.46. The van der Waals surface area contributed by atoms with Gasteiger partial charge in [0.1, 0.15) is 0 Å². The zero-order valence-corrected chi connectivity index (χ0v) is 14.4. The first kappa shape index (κ1) is 21.2. The molecule has 0 amide bonds. The van der Waals surface area contributed by atoms with Crippen molar-refractivity contribution in [2.75, 3.05) is 13.1 Å². The van der Waals surface area contributed by atoms with Gasteiger partial charge in [-0.15, -0.1) is 0 Å². The number of unbranched alkanes of at least 4 members (excludes halogenated alkanes) is 4. The molecule has 0 aromatic carbocycles.